The number of anilines is 2. The van der Waals surface area contributed by atoms with E-state index in [0.717, 1.165) is 5.56 Å². The van der Waals surface area contributed by atoms with E-state index in [-0.39, 0.29) is 23.7 Å². The van der Waals surface area contributed by atoms with Crippen LogP contribution in [0.15, 0.2) is 36.7 Å². The molecular formula is C21H23FN6O3. The third-order valence-electron chi connectivity index (χ3n) is 5.73. The fraction of sp³-hybridized carbons (Fsp3) is 0.333. The zero-order valence-corrected chi connectivity index (χ0v) is 17.1. The second-order valence-corrected chi connectivity index (χ2v) is 7.68. The molecule has 162 valence electrons. The van der Waals surface area contributed by atoms with E-state index in [4.69, 9.17) is 10.5 Å². The maximum absolute atomic E-state index is 13.4. The number of hydrogen-bond donors (Lipinski definition) is 3. The Bertz CT molecular complexity index is 1120. The van der Waals surface area contributed by atoms with E-state index >= 15 is 0 Å². The van der Waals surface area contributed by atoms with Gasteiger partial charge in [0.05, 0.1) is 41.1 Å². The summed E-state index contributed by atoms with van der Waals surface area (Å²) in [6.45, 7) is 2.29. The van der Waals surface area contributed by atoms with Gasteiger partial charge in [0.25, 0.3) is 0 Å². The van der Waals surface area contributed by atoms with Crippen molar-refractivity contribution >= 4 is 34.2 Å². The number of fused-ring (bicyclic) bond motifs is 1. The minimum atomic E-state index is -0.808. The van der Waals surface area contributed by atoms with Crippen molar-refractivity contribution in [2.45, 2.75) is 25.5 Å². The Balaban J connectivity index is 1.60. The number of hydrogen-bond acceptors (Lipinski definition) is 6. The number of ether oxygens (including phenoxy) is 1. The standard InChI is InChI=1S/C21H23FN6O3/c1-11-10-28(16(7-17(11)31-2)12-3-5-13(22)6-4-12)21(30)20(29)26-15-9-24-19(23)14-8-25-27-18(14)15/h3-6,8-9,11,16-17H,7,10H2,1-2H3,(H2,23,24)(H,25,27)(H,26,29)/t11-,16?,17?/m0/s1. The maximum Gasteiger partial charge on any atom is 0.314 e. The van der Waals surface area contributed by atoms with Gasteiger partial charge in [0.2, 0.25) is 0 Å². The Hall–Kier alpha value is -3.53. The molecule has 1 saturated heterocycles. The molecule has 0 aliphatic carbocycles. The predicted molar refractivity (Wildman–Crippen MR) is 112 cm³/mol. The molecule has 1 aliphatic heterocycles. The van der Waals surface area contributed by atoms with Crippen molar-refractivity contribution in [3.8, 4) is 0 Å². The van der Waals surface area contributed by atoms with Crippen LogP contribution in [0.4, 0.5) is 15.9 Å². The highest BCUT2D eigenvalue weighted by molar-refractivity contribution is 6.40. The topological polar surface area (TPSA) is 126 Å². The van der Waals surface area contributed by atoms with Crippen LogP contribution in [0.1, 0.15) is 24.9 Å². The van der Waals surface area contributed by atoms with Crippen LogP contribution < -0.4 is 11.1 Å². The number of benzene rings is 1. The number of nitrogens with zero attached hydrogens (tertiary/aromatic N) is 3. The van der Waals surface area contributed by atoms with Crippen LogP contribution in [0, 0.1) is 11.7 Å². The molecule has 0 radical (unpaired) electrons. The van der Waals surface area contributed by atoms with Crippen molar-refractivity contribution in [1.29, 1.82) is 0 Å². The van der Waals surface area contributed by atoms with Gasteiger partial charge in [-0.3, -0.25) is 14.7 Å². The average Bonchev–Trinajstić information content (AvgIpc) is 3.27. The second kappa shape index (κ2) is 8.31. The molecule has 1 fully saturated rings. The minimum Gasteiger partial charge on any atom is -0.383 e. The summed E-state index contributed by atoms with van der Waals surface area (Å²) in [6.07, 6.45) is 3.28. The van der Waals surface area contributed by atoms with E-state index in [1.54, 1.807) is 19.2 Å². The summed E-state index contributed by atoms with van der Waals surface area (Å²) in [4.78, 5) is 31.6. The number of amides is 2. The van der Waals surface area contributed by atoms with Gasteiger partial charge in [-0.05, 0) is 24.1 Å². The number of carbonyl (C=O) groups is 2. The van der Waals surface area contributed by atoms with Crippen molar-refractivity contribution < 1.29 is 18.7 Å². The number of rotatable bonds is 3. The van der Waals surface area contributed by atoms with Crippen LogP contribution in [0.3, 0.4) is 0 Å². The van der Waals surface area contributed by atoms with E-state index in [2.05, 4.69) is 20.5 Å². The fourth-order valence-electron chi connectivity index (χ4n) is 4.04. The first-order valence-electron chi connectivity index (χ1n) is 9.86. The van der Waals surface area contributed by atoms with Crippen molar-refractivity contribution in [2.75, 3.05) is 24.7 Å². The third-order valence-corrected chi connectivity index (χ3v) is 5.73. The molecule has 10 heteroatoms. The first-order chi connectivity index (χ1) is 14.9. The number of nitrogens with two attached hydrogens (primary N) is 1. The highest BCUT2D eigenvalue weighted by Gasteiger charge is 2.39. The second-order valence-electron chi connectivity index (χ2n) is 7.68. The number of likely N-dealkylation sites (tertiary alicyclic amines) is 1. The largest absolute Gasteiger partial charge is 0.383 e. The normalized spacial score (nSPS) is 21.3. The lowest BCUT2D eigenvalue weighted by atomic mass is 9.87. The molecule has 3 atom stereocenters. The van der Waals surface area contributed by atoms with Crippen molar-refractivity contribution in [2.24, 2.45) is 5.92 Å². The monoisotopic (exact) mass is 426 g/mol. The number of nitrogens with one attached hydrogen (secondary N) is 2. The van der Waals surface area contributed by atoms with Crippen LogP contribution in [0.5, 0.6) is 0 Å². The molecule has 0 spiro atoms. The lowest BCUT2D eigenvalue weighted by Crippen LogP contribution is -2.50. The number of nitrogen functional groups attached to an aromatic ring is 1. The smallest absolute Gasteiger partial charge is 0.314 e. The molecule has 2 amide bonds. The van der Waals surface area contributed by atoms with Crippen LogP contribution in [0.25, 0.3) is 10.9 Å². The summed E-state index contributed by atoms with van der Waals surface area (Å²) in [6, 6.07) is 5.51. The minimum absolute atomic E-state index is 0.0240. The molecule has 3 aromatic rings. The molecule has 0 bridgehead atoms. The van der Waals surface area contributed by atoms with Gasteiger partial charge in [-0.15, -0.1) is 0 Å². The molecule has 3 heterocycles. The quantitative estimate of drug-likeness (QED) is 0.552. The number of H-pyrrole nitrogens is 1. The molecule has 2 aromatic heterocycles. The van der Waals surface area contributed by atoms with Gasteiger partial charge in [-0.2, -0.15) is 5.10 Å². The van der Waals surface area contributed by atoms with Gasteiger partial charge in [-0.1, -0.05) is 19.1 Å². The van der Waals surface area contributed by atoms with Crippen molar-refractivity contribution in [1.82, 2.24) is 20.1 Å². The van der Waals surface area contributed by atoms with Crippen LogP contribution in [0.2, 0.25) is 0 Å². The number of methoxy groups -OCH3 is 1. The zero-order chi connectivity index (χ0) is 22.1. The summed E-state index contributed by atoms with van der Waals surface area (Å²) < 4.78 is 19.0. The molecule has 1 aromatic carbocycles. The van der Waals surface area contributed by atoms with Gasteiger partial charge >= 0.3 is 11.8 Å². The summed E-state index contributed by atoms with van der Waals surface area (Å²) >= 11 is 0. The van der Waals surface area contributed by atoms with Crippen molar-refractivity contribution in [3.05, 3.63) is 48.0 Å². The molecule has 0 saturated carbocycles. The number of piperidine rings is 1. The first kappa shape index (κ1) is 20.7. The number of aromatic nitrogens is 3. The average molecular weight is 426 g/mol. The SMILES string of the molecule is COC1CC(c2ccc(F)cc2)N(C(=O)C(=O)Nc2cnc(N)c3cn[nH]c23)C[C@@H]1C. The van der Waals surface area contributed by atoms with E-state index < -0.39 is 17.9 Å². The van der Waals surface area contributed by atoms with Crippen LogP contribution in [-0.2, 0) is 14.3 Å². The predicted octanol–water partition coefficient (Wildman–Crippen LogP) is 2.24. The molecular weight excluding hydrogens is 403 g/mol. The highest BCUT2D eigenvalue weighted by atomic mass is 19.1. The molecule has 4 rings (SSSR count). The molecule has 4 N–H and O–H groups in total. The lowest BCUT2D eigenvalue weighted by Gasteiger charge is -2.42. The summed E-state index contributed by atoms with van der Waals surface area (Å²) in [5.74, 6) is -1.58. The molecule has 31 heavy (non-hydrogen) atoms. The summed E-state index contributed by atoms with van der Waals surface area (Å²) in [7, 11) is 1.62. The van der Waals surface area contributed by atoms with E-state index in [1.807, 2.05) is 6.92 Å². The van der Waals surface area contributed by atoms with Gasteiger partial charge < -0.3 is 20.7 Å². The van der Waals surface area contributed by atoms with Crippen LogP contribution >= 0.6 is 0 Å². The van der Waals surface area contributed by atoms with E-state index in [1.165, 1.54) is 29.4 Å². The highest BCUT2D eigenvalue weighted by Crippen LogP contribution is 2.35. The number of carbonyl (C=O) groups excluding carboxylic acids is 2. The summed E-state index contributed by atoms with van der Waals surface area (Å²) in [5, 5.41) is 9.82. The lowest BCUT2D eigenvalue weighted by molar-refractivity contribution is -0.149. The zero-order valence-electron chi connectivity index (χ0n) is 17.1. The number of halogens is 1. The molecule has 9 nitrogen and oxygen atoms in total. The Labute approximate surface area is 177 Å². The van der Waals surface area contributed by atoms with Gasteiger partial charge in [0.15, 0.2) is 0 Å². The molecule has 1 aliphatic rings. The van der Waals surface area contributed by atoms with Gasteiger partial charge in [0.1, 0.15) is 11.6 Å². The Morgan fingerprint density at radius 3 is 2.74 bits per heavy atom. The van der Waals surface area contributed by atoms with E-state index in [9.17, 15) is 14.0 Å². The number of pyridine rings is 1. The fourth-order valence-corrected chi connectivity index (χ4v) is 4.04. The van der Waals surface area contributed by atoms with Crippen molar-refractivity contribution in [3.63, 3.8) is 0 Å². The maximum atomic E-state index is 13.4. The first-order valence-corrected chi connectivity index (χ1v) is 9.86. The van der Waals surface area contributed by atoms with Gasteiger partial charge in [-0.25, -0.2) is 9.37 Å². The third kappa shape index (κ3) is 3.93. The number of aromatic amines is 1. The van der Waals surface area contributed by atoms with Crippen LogP contribution in [-0.4, -0.2) is 51.7 Å². The van der Waals surface area contributed by atoms with Gasteiger partial charge in [0, 0.05) is 19.6 Å². The Kier molecular flexibility index (Phi) is 5.55. The molecule has 2 unspecified atom stereocenters. The van der Waals surface area contributed by atoms with E-state index in [0.29, 0.717) is 29.6 Å². The Morgan fingerprint density at radius 2 is 2.03 bits per heavy atom. The summed E-state index contributed by atoms with van der Waals surface area (Å²) in [5.41, 5.74) is 7.34. The Morgan fingerprint density at radius 1 is 1.29 bits per heavy atom.